The van der Waals surface area contributed by atoms with E-state index in [2.05, 4.69) is 10.6 Å². The zero-order valence-corrected chi connectivity index (χ0v) is 11.8. The lowest BCUT2D eigenvalue weighted by Crippen LogP contribution is -2.39. The van der Waals surface area contributed by atoms with Crippen molar-refractivity contribution in [2.45, 2.75) is 30.6 Å². The van der Waals surface area contributed by atoms with E-state index in [1.54, 1.807) is 18.9 Å². The van der Waals surface area contributed by atoms with E-state index in [9.17, 15) is 4.79 Å². The number of thioether (sulfide) groups is 1. The first-order valence-corrected chi connectivity index (χ1v) is 7.52. The Bertz CT molecular complexity index is 235. The molecule has 1 amide bonds. The number of methoxy groups -OCH3 is 1. The van der Waals surface area contributed by atoms with Crippen LogP contribution >= 0.6 is 11.8 Å². The summed E-state index contributed by atoms with van der Waals surface area (Å²) in [5.41, 5.74) is 0. The van der Waals surface area contributed by atoms with Gasteiger partial charge in [0, 0.05) is 19.0 Å². The van der Waals surface area contributed by atoms with Crippen LogP contribution in [0.3, 0.4) is 0 Å². The first kappa shape index (κ1) is 15.8. The van der Waals surface area contributed by atoms with E-state index >= 15 is 0 Å². The Morgan fingerprint density at radius 2 is 2.28 bits per heavy atom. The number of piperidine rings is 1. The normalized spacial score (nSPS) is 18.6. The van der Waals surface area contributed by atoms with Gasteiger partial charge in [0.2, 0.25) is 5.91 Å². The smallest absolute Gasteiger partial charge is 0.230 e. The Kier molecular flexibility index (Phi) is 8.41. The van der Waals surface area contributed by atoms with Gasteiger partial charge in [-0.15, -0.1) is 11.8 Å². The van der Waals surface area contributed by atoms with Gasteiger partial charge in [-0.1, -0.05) is 0 Å². The maximum Gasteiger partial charge on any atom is 0.230 e. The van der Waals surface area contributed by atoms with Crippen LogP contribution in [0.25, 0.3) is 0 Å². The molecule has 1 aliphatic heterocycles. The third kappa shape index (κ3) is 6.58. The summed E-state index contributed by atoms with van der Waals surface area (Å²) in [6.07, 6.45) is 2.91. The fraction of sp³-hybridized carbons (Fsp3) is 0.917. The summed E-state index contributed by atoms with van der Waals surface area (Å²) in [5.74, 6) is 0.488. The minimum Gasteiger partial charge on any atom is -0.394 e. The van der Waals surface area contributed by atoms with E-state index < -0.39 is 0 Å². The van der Waals surface area contributed by atoms with Crippen molar-refractivity contribution in [3.63, 3.8) is 0 Å². The predicted molar refractivity (Wildman–Crippen MR) is 73.9 cm³/mol. The second kappa shape index (κ2) is 9.61. The number of ether oxygens (including phenoxy) is 1. The zero-order chi connectivity index (χ0) is 13.2. The Morgan fingerprint density at radius 1 is 1.56 bits per heavy atom. The second-order valence-corrected chi connectivity index (χ2v) is 5.78. The molecular weight excluding hydrogens is 252 g/mol. The molecule has 0 aromatic heterocycles. The highest BCUT2D eigenvalue weighted by molar-refractivity contribution is 8.00. The standard InChI is InChI=1S/C12H24N2O3S/c1-17-7-4-10(8-15)14-12(16)9-18-11-2-5-13-6-3-11/h10-11,13,15H,2-9H2,1H3,(H,14,16). The van der Waals surface area contributed by atoms with Crippen molar-refractivity contribution in [1.29, 1.82) is 0 Å². The SMILES string of the molecule is COCCC(CO)NC(=O)CSC1CCNCC1. The molecule has 1 saturated heterocycles. The maximum absolute atomic E-state index is 11.7. The lowest BCUT2D eigenvalue weighted by Gasteiger charge is -2.22. The number of hydrogen-bond donors (Lipinski definition) is 3. The molecule has 0 aliphatic carbocycles. The Hall–Kier alpha value is -0.300. The van der Waals surface area contributed by atoms with Gasteiger partial charge in [0.15, 0.2) is 0 Å². The number of carbonyl (C=O) groups is 1. The van der Waals surface area contributed by atoms with Gasteiger partial charge < -0.3 is 20.5 Å². The van der Waals surface area contributed by atoms with Crippen molar-refractivity contribution < 1.29 is 14.6 Å². The van der Waals surface area contributed by atoms with Crippen molar-refractivity contribution in [2.24, 2.45) is 0 Å². The molecule has 5 nitrogen and oxygen atoms in total. The lowest BCUT2D eigenvalue weighted by molar-refractivity contribution is -0.119. The van der Waals surface area contributed by atoms with Gasteiger partial charge in [0.05, 0.1) is 18.4 Å². The van der Waals surface area contributed by atoms with E-state index in [0.29, 0.717) is 24.0 Å². The summed E-state index contributed by atoms with van der Waals surface area (Å²) in [6, 6.07) is -0.189. The number of aliphatic hydroxyl groups is 1. The van der Waals surface area contributed by atoms with Gasteiger partial charge >= 0.3 is 0 Å². The van der Waals surface area contributed by atoms with Crippen LogP contribution in [0, 0.1) is 0 Å². The molecule has 0 saturated carbocycles. The molecule has 1 fully saturated rings. The summed E-state index contributed by atoms with van der Waals surface area (Å²) < 4.78 is 4.94. The molecule has 3 N–H and O–H groups in total. The van der Waals surface area contributed by atoms with Crippen LogP contribution in [0.15, 0.2) is 0 Å². The molecule has 1 aliphatic rings. The van der Waals surface area contributed by atoms with Crippen LogP contribution in [0.4, 0.5) is 0 Å². The Morgan fingerprint density at radius 3 is 2.89 bits per heavy atom. The predicted octanol–water partition coefficient (Wildman–Crippen LogP) is -0.0148. The molecule has 0 radical (unpaired) electrons. The summed E-state index contributed by atoms with van der Waals surface area (Å²) >= 11 is 1.72. The van der Waals surface area contributed by atoms with Crippen LogP contribution in [0.2, 0.25) is 0 Å². The van der Waals surface area contributed by atoms with Gasteiger partial charge in [-0.2, -0.15) is 0 Å². The van der Waals surface area contributed by atoms with E-state index in [1.807, 2.05) is 0 Å². The van der Waals surface area contributed by atoms with Crippen molar-refractivity contribution in [3.8, 4) is 0 Å². The molecule has 1 heterocycles. The molecule has 1 atom stereocenters. The first-order chi connectivity index (χ1) is 8.76. The molecular formula is C12H24N2O3S. The molecule has 0 aromatic carbocycles. The third-order valence-corrected chi connectivity index (χ3v) is 4.36. The van der Waals surface area contributed by atoms with Crippen molar-refractivity contribution in [3.05, 3.63) is 0 Å². The molecule has 1 rings (SSSR count). The lowest BCUT2D eigenvalue weighted by atomic mass is 10.2. The zero-order valence-electron chi connectivity index (χ0n) is 11.0. The second-order valence-electron chi connectivity index (χ2n) is 4.49. The van der Waals surface area contributed by atoms with Gasteiger partial charge in [-0.3, -0.25) is 4.79 Å². The van der Waals surface area contributed by atoms with Crippen LogP contribution in [0.5, 0.6) is 0 Å². The number of nitrogens with one attached hydrogen (secondary N) is 2. The molecule has 6 heteroatoms. The largest absolute Gasteiger partial charge is 0.394 e. The summed E-state index contributed by atoms with van der Waals surface area (Å²) in [7, 11) is 1.61. The fourth-order valence-electron chi connectivity index (χ4n) is 1.89. The van der Waals surface area contributed by atoms with Gasteiger partial charge in [0.1, 0.15) is 0 Å². The highest BCUT2D eigenvalue weighted by Crippen LogP contribution is 2.19. The quantitative estimate of drug-likeness (QED) is 0.581. The topological polar surface area (TPSA) is 70.6 Å². The monoisotopic (exact) mass is 276 g/mol. The van der Waals surface area contributed by atoms with E-state index in [-0.39, 0.29) is 18.6 Å². The number of hydrogen-bond acceptors (Lipinski definition) is 5. The van der Waals surface area contributed by atoms with Crippen molar-refractivity contribution >= 4 is 17.7 Å². The molecule has 0 bridgehead atoms. The van der Waals surface area contributed by atoms with E-state index in [4.69, 9.17) is 9.84 Å². The molecule has 0 spiro atoms. The van der Waals surface area contributed by atoms with Crippen LogP contribution in [0.1, 0.15) is 19.3 Å². The minimum atomic E-state index is -0.189. The molecule has 106 valence electrons. The first-order valence-electron chi connectivity index (χ1n) is 6.47. The van der Waals surface area contributed by atoms with E-state index in [1.165, 1.54) is 0 Å². The van der Waals surface area contributed by atoms with Gasteiger partial charge in [-0.25, -0.2) is 0 Å². The highest BCUT2D eigenvalue weighted by atomic mass is 32.2. The minimum absolute atomic E-state index is 0.00804. The van der Waals surface area contributed by atoms with Crippen molar-refractivity contribution in [1.82, 2.24) is 10.6 Å². The molecule has 18 heavy (non-hydrogen) atoms. The Balaban J connectivity index is 2.14. The summed E-state index contributed by atoms with van der Waals surface area (Å²) in [5, 5.41) is 15.9. The molecule has 0 aromatic rings. The van der Waals surface area contributed by atoms with Crippen LogP contribution in [-0.4, -0.2) is 61.5 Å². The number of rotatable bonds is 8. The van der Waals surface area contributed by atoms with Crippen molar-refractivity contribution in [2.75, 3.05) is 39.2 Å². The fourth-order valence-corrected chi connectivity index (χ4v) is 2.93. The van der Waals surface area contributed by atoms with E-state index in [0.717, 1.165) is 25.9 Å². The third-order valence-electron chi connectivity index (χ3n) is 2.99. The van der Waals surface area contributed by atoms with Gasteiger partial charge in [-0.05, 0) is 32.4 Å². The van der Waals surface area contributed by atoms with Crippen LogP contribution in [-0.2, 0) is 9.53 Å². The average molecular weight is 276 g/mol. The maximum atomic E-state index is 11.7. The summed E-state index contributed by atoms with van der Waals surface area (Å²) in [4.78, 5) is 11.7. The number of carbonyl (C=O) groups excluding carboxylic acids is 1. The summed E-state index contributed by atoms with van der Waals surface area (Å²) in [6.45, 7) is 2.61. The molecule has 1 unspecified atom stereocenters. The number of amides is 1. The Labute approximate surface area is 113 Å². The van der Waals surface area contributed by atoms with Gasteiger partial charge in [0.25, 0.3) is 0 Å². The number of aliphatic hydroxyl groups excluding tert-OH is 1. The van der Waals surface area contributed by atoms with Crippen LogP contribution < -0.4 is 10.6 Å². The highest BCUT2D eigenvalue weighted by Gasteiger charge is 2.16. The average Bonchev–Trinajstić information content (AvgIpc) is 2.42.